The molecule has 0 amide bonds. The van der Waals surface area contributed by atoms with Gasteiger partial charge in [-0.25, -0.2) is 0 Å². The molecule has 54 heavy (non-hydrogen) atoms. The third-order valence-corrected chi connectivity index (χ3v) is 8.86. The highest BCUT2D eigenvalue weighted by molar-refractivity contribution is 5.71. The van der Waals surface area contributed by atoms with Crippen molar-refractivity contribution in [2.45, 2.75) is 161 Å². The maximum Gasteiger partial charge on any atom is 0.310 e. The summed E-state index contributed by atoms with van der Waals surface area (Å²) < 4.78 is 17.0. The molecule has 0 aromatic carbocycles. The van der Waals surface area contributed by atoms with Crippen molar-refractivity contribution in [2.75, 3.05) is 41.0 Å². The zero-order chi connectivity index (χ0) is 40.0. The summed E-state index contributed by atoms with van der Waals surface area (Å²) in [5.74, 6) is -1.92. The Balaban J connectivity index is 4.53. The molecule has 0 aliphatic rings. The molecule has 0 spiro atoms. The van der Waals surface area contributed by atoms with E-state index < -0.39 is 24.1 Å². The molecule has 0 heterocycles. The SMILES string of the molecule is CC/C=C\C/C=C\C/C=C\C/C=C\C/C=C\CC(=O)OC(COCCC(C(=O)[O-])[N+](C)(C)C)COC(=O)CCCCCCC/C=C\CCCCCCCC. The topological polar surface area (TPSA) is 102 Å². The lowest BCUT2D eigenvalue weighted by molar-refractivity contribution is -0.889. The van der Waals surface area contributed by atoms with Gasteiger partial charge in [-0.2, -0.15) is 0 Å². The lowest BCUT2D eigenvalue weighted by atomic mass is 10.1. The molecule has 2 unspecified atom stereocenters. The Morgan fingerprint density at radius 1 is 0.593 bits per heavy atom. The molecule has 8 nitrogen and oxygen atoms in total. The van der Waals surface area contributed by atoms with Gasteiger partial charge >= 0.3 is 11.9 Å². The first-order valence-electron chi connectivity index (χ1n) is 21.0. The van der Waals surface area contributed by atoms with Crippen molar-refractivity contribution in [1.82, 2.24) is 0 Å². The first-order chi connectivity index (χ1) is 26.1. The number of hydrogen-bond donors (Lipinski definition) is 0. The molecule has 0 bridgehead atoms. The summed E-state index contributed by atoms with van der Waals surface area (Å²) in [6.45, 7) is 4.41. The van der Waals surface area contributed by atoms with Crippen molar-refractivity contribution in [2.24, 2.45) is 0 Å². The van der Waals surface area contributed by atoms with Crippen LogP contribution in [0, 0.1) is 0 Å². The number of carbonyl (C=O) groups is 3. The summed E-state index contributed by atoms with van der Waals surface area (Å²) >= 11 is 0. The van der Waals surface area contributed by atoms with Gasteiger partial charge in [0.1, 0.15) is 12.6 Å². The molecule has 0 aromatic rings. The molecule has 0 aliphatic carbocycles. The Morgan fingerprint density at radius 2 is 1.09 bits per heavy atom. The Kier molecular flexibility index (Phi) is 34.5. The minimum atomic E-state index is -1.14. The van der Waals surface area contributed by atoms with Gasteiger partial charge in [0.25, 0.3) is 0 Å². The van der Waals surface area contributed by atoms with Crippen LogP contribution in [0.5, 0.6) is 0 Å². The number of unbranched alkanes of at least 4 members (excludes halogenated alkanes) is 11. The zero-order valence-electron chi connectivity index (χ0n) is 34.9. The van der Waals surface area contributed by atoms with Crippen LogP contribution in [0.4, 0.5) is 0 Å². The Morgan fingerprint density at radius 3 is 1.61 bits per heavy atom. The molecule has 2 atom stereocenters. The minimum Gasteiger partial charge on any atom is -0.544 e. The molecule has 0 rings (SSSR count). The van der Waals surface area contributed by atoms with Gasteiger partial charge in [0.15, 0.2) is 6.10 Å². The van der Waals surface area contributed by atoms with E-state index in [1.807, 2.05) is 6.08 Å². The molecular weight excluding hydrogens is 679 g/mol. The highest BCUT2D eigenvalue weighted by Gasteiger charge is 2.25. The fraction of sp³-hybridized carbons (Fsp3) is 0.674. The number of allylic oxidation sites excluding steroid dienone is 11. The number of carbonyl (C=O) groups excluding carboxylic acids is 3. The second-order valence-electron chi connectivity index (χ2n) is 14.9. The summed E-state index contributed by atoms with van der Waals surface area (Å²) in [6.07, 6.45) is 45.3. The molecule has 8 heteroatoms. The third-order valence-electron chi connectivity index (χ3n) is 8.86. The Labute approximate surface area is 330 Å². The van der Waals surface area contributed by atoms with E-state index in [1.165, 1.54) is 51.4 Å². The zero-order valence-corrected chi connectivity index (χ0v) is 34.9. The lowest BCUT2D eigenvalue weighted by Gasteiger charge is -2.34. The molecule has 0 saturated heterocycles. The molecule has 0 fully saturated rings. The van der Waals surface area contributed by atoms with E-state index in [-0.39, 0.29) is 43.1 Å². The minimum absolute atomic E-state index is 0.00496. The summed E-state index contributed by atoms with van der Waals surface area (Å²) in [5, 5.41) is 11.6. The van der Waals surface area contributed by atoms with Gasteiger partial charge in [-0.05, 0) is 64.2 Å². The molecule has 0 N–H and O–H groups in total. The predicted octanol–water partition coefficient (Wildman–Crippen LogP) is 9.85. The van der Waals surface area contributed by atoms with E-state index in [4.69, 9.17) is 14.2 Å². The average Bonchev–Trinajstić information content (AvgIpc) is 3.12. The molecule has 0 radical (unpaired) electrons. The number of likely N-dealkylation sites (N-methyl/N-ethyl adjacent to an activating group) is 1. The monoisotopic (exact) mass is 756 g/mol. The number of hydrogen-bond acceptors (Lipinski definition) is 7. The van der Waals surface area contributed by atoms with Crippen LogP contribution in [0.3, 0.4) is 0 Å². The Bertz CT molecular complexity index is 1110. The number of carboxylic acid groups (broad SMARTS) is 1. The van der Waals surface area contributed by atoms with E-state index in [0.717, 1.165) is 57.8 Å². The van der Waals surface area contributed by atoms with Gasteiger partial charge in [-0.3, -0.25) is 9.59 Å². The second-order valence-corrected chi connectivity index (χ2v) is 14.9. The number of ether oxygens (including phenoxy) is 3. The normalized spacial score (nSPS) is 13.7. The molecule has 0 aromatic heterocycles. The predicted molar refractivity (Wildman–Crippen MR) is 222 cm³/mol. The number of rotatable bonds is 36. The fourth-order valence-corrected chi connectivity index (χ4v) is 5.61. The van der Waals surface area contributed by atoms with Crippen molar-refractivity contribution >= 4 is 17.9 Å². The number of aliphatic carboxylic acids is 1. The first-order valence-corrected chi connectivity index (χ1v) is 21.0. The van der Waals surface area contributed by atoms with Crippen LogP contribution < -0.4 is 5.11 Å². The van der Waals surface area contributed by atoms with Crippen LogP contribution >= 0.6 is 0 Å². The maximum absolute atomic E-state index is 12.6. The summed E-state index contributed by atoms with van der Waals surface area (Å²) in [4.78, 5) is 36.7. The van der Waals surface area contributed by atoms with E-state index in [2.05, 4.69) is 74.6 Å². The summed E-state index contributed by atoms with van der Waals surface area (Å²) in [6, 6.07) is -0.745. The van der Waals surface area contributed by atoms with Crippen molar-refractivity contribution in [3.05, 3.63) is 72.9 Å². The number of quaternary nitrogens is 1. The summed E-state index contributed by atoms with van der Waals surface area (Å²) in [7, 11) is 5.36. The van der Waals surface area contributed by atoms with Crippen LogP contribution in [0.25, 0.3) is 0 Å². The second kappa shape index (κ2) is 36.7. The Hall–Kier alpha value is -3.23. The van der Waals surface area contributed by atoms with Crippen LogP contribution in [0.2, 0.25) is 0 Å². The van der Waals surface area contributed by atoms with Gasteiger partial charge in [-0.15, -0.1) is 0 Å². The average molecular weight is 756 g/mol. The number of esters is 2. The van der Waals surface area contributed by atoms with Crippen LogP contribution in [-0.4, -0.2) is 75.5 Å². The van der Waals surface area contributed by atoms with Gasteiger partial charge in [0, 0.05) is 12.8 Å². The van der Waals surface area contributed by atoms with Crippen LogP contribution in [0.1, 0.15) is 149 Å². The number of nitrogens with zero attached hydrogens (tertiary/aromatic N) is 1. The van der Waals surface area contributed by atoms with Crippen LogP contribution in [-0.2, 0) is 28.6 Å². The van der Waals surface area contributed by atoms with Gasteiger partial charge in [-0.1, -0.05) is 138 Å². The van der Waals surface area contributed by atoms with Crippen molar-refractivity contribution in [3.63, 3.8) is 0 Å². The van der Waals surface area contributed by atoms with Crippen LogP contribution in [0.15, 0.2) is 72.9 Å². The van der Waals surface area contributed by atoms with E-state index >= 15 is 0 Å². The maximum atomic E-state index is 12.6. The molecule has 0 aliphatic heterocycles. The smallest absolute Gasteiger partial charge is 0.310 e. The van der Waals surface area contributed by atoms with Gasteiger partial charge < -0.3 is 28.6 Å². The summed E-state index contributed by atoms with van der Waals surface area (Å²) in [5.41, 5.74) is 0. The van der Waals surface area contributed by atoms with Gasteiger partial charge in [0.05, 0.1) is 46.7 Å². The van der Waals surface area contributed by atoms with E-state index in [1.54, 1.807) is 27.2 Å². The third kappa shape index (κ3) is 34.5. The standard InChI is InChI=1S/C46H77NO7/c1-6-8-10-12-14-16-18-20-22-24-26-28-30-32-34-36-44(48)53-41-42(40-52-39-38-43(46(50)51)47(3,4)5)54-45(49)37-35-33-31-29-27-25-23-21-19-17-15-13-11-9-7-2/h9,11,15,17,20-23,27,29,33,35,42-43H,6-8,10,12-14,16,18-19,24-26,28,30-32,34,36-41H2,1-5H3/b11-9-,17-15-,22-20-,23-21-,29-27-,35-33-. The van der Waals surface area contributed by atoms with E-state index in [0.29, 0.717) is 12.8 Å². The first kappa shape index (κ1) is 50.8. The quantitative estimate of drug-likeness (QED) is 0.0272. The largest absolute Gasteiger partial charge is 0.544 e. The van der Waals surface area contributed by atoms with Crippen molar-refractivity contribution in [1.29, 1.82) is 0 Å². The van der Waals surface area contributed by atoms with Crippen molar-refractivity contribution < 1.29 is 38.2 Å². The number of carboxylic acids is 1. The van der Waals surface area contributed by atoms with E-state index in [9.17, 15) is 19.5 Å². The van der Waals surface area contributed by atoms with Gasteiger partial charge in [0.2, 0.25) is 0 Å². The highest BCUT2D eigenvalue weighted by Crippen LogP contribution is 2.12. The highest BCUT2D eigenvalue weighted by atomic mass is 16.6. The fourth-order valence-electron chi connectivity index (χ4n) is 5.61. The molecular formula is C46H77NO7. The van der Waals surface area contributed by atoms with Crippen molar-refractivity contribution in [3.8, 4) is 0 Å². The molecule has 0 saturated carbocycles. The molecule has 308 valence electrons. The lowest BCUT2D eigenvalue weighted by Crippen LogP contribution is -2.55.